The van der Waals surface area contributed by atoms with Gasteiger partial charge in [0, 0.05) is 5.56 Å². The van der Waals surface area contributed by atoms with Crippen molar-refractivity contribution in [2.45, 2.75) is 5.88 Å². The Morgan fingerprint density at radius 3 is 2.56 bits per heavy atom. The van der Waals surface area contributed by atoms with Crippen LogP contribution in [0.25, 0.3) is 11.3 Å². The van der Waals surface area contributed by atoms with Crippen LogP contribution in [-0.4, -0.2) is 4.98 Å². The van der Waals surface area contributed by atoms with E-state index in [1.165, 1.54) is 6.07 Å². The van der Waals surface area contributed by atoms with Gasteiger partial charge in [0.05, 0.1) is 22.3 Å². The summed E-state index contributed by atoms with van der Waals surface area (Å²) in [5.74, 6) is -0.0981. The Kier molecular flexibility index (Phi) is 3.42. The smallest absolute Gasteiger partial charge is 0.132 e. The predicted octanol–water partition coefficient (Wildman–Crippen LogP) is 4.28. The maximum absolute atomic E-state index is 13.5. The molecule has 2 rings (SSSR count). The first-order valence-corrected chi connectivity index (χ1v) is 5.60. The van der Waals surface area contributed by atoms with Crippen molar-refractivity contribution in [2.24, 2.45) is 0 Å². The zero-order chi connectivity index (χ0) is 11.5. The molecule has 0 fully saturated rings. The largest absolute Gasteiger partial charge is 0.250 e. The summed E-state index contributed by atoms with van der Waals surface area (Å²) in [7, 11) is 0. The topological polar surface area (TPSA) is 12.9 Å². The average molecular weight is 256 g/mol. The van der Waals surface area contributed by atoms with E-state index in [0.717, 1.165) is 0 Å². The lowest BCUT2D eigenvalue weighted by atomic mass is 10.1. The van der Waals surface area contributed by atoms with E-state index in [2.05, 4.69) is 4.98 Å². The quantitative estimate of drug-likeness (QED) is 0.731. The van der Waals surface area contributed by atoms with Gasteiger partial charge in [-0.05, 0) is 24.3 Å². The van der Waals surface area contributed by atoms with Crippen molar-refractivity contribution in [3.8, 4) is 11.3 Å². The molecule has 4 heteroatoms. The Balaban J connectivity index is 2.53. The highest BCUT2D eigenvalue weighted by atomic mass is 35.5. The van der Waals surface area contributed by atoms with Crippen LogP contribution in [0, 0.1) is 5.82 Å². The third-order valence-corrected chi connectivity index (χ3v) is 2.79. The van der Waals surface area contributed by atoms with E-state index in [4.69, 9.17) is 23.2 Å². The molecule has 0 saturated carbocycles. The molecule has 0 radical (unpaired) electrons. The normalized spacial score (nSPS) is 10.4. The molecule has 1 aromatic carbocycles. The van der Waals surface area contributed by atoms with Gasteiger partial charge in [0.1, 0.15) is 5.82 Å². The number of pyridine rings is 1. The van der Waals surface area contributed by atoms with Crippen molar-refractivity contribution in [1.82, 2.24) is 4.98 Å². The first-order chi connectivity index (χ1) is 7.72. The van der Waals surface area contributed by atoms with Crippen molar-refractivity contribution in [1.29, 1.82) is 0 Å². The minimum Gasteiger partial charge on any atom is -0.250 e. The second-order valence-corrected chi connectivity index (χ2v) is 3.91. The number of hydrogen-bond donors (Lipinski definition) is 0. The minimum absolute atomic E-state index is 0.209. The number of halogens is 3. The molecule has 0 atom stereocenters. The summed E-state index contributed by atoms with van der Waals surface area (Å²) in [6.45, 7) is 0. The maximum atomic E-state index is 13.5. The molecular weight excluding hydrogens is 248 g/mol. The molecule has 0 unspecified atom stereocenters. The Morgan fingerprint density at radius 1 is 1.12 bits per heavy atom. The molecule has 0 spiro atoms. The van der Waals surface area contributed by atoms with Gasteiger partial charge in [-0.2, -0.15) is 0 Å². The fraction of sp³-hybridized carbons (Fsp3) is 0.0833. The molecule has 0 amide bonds. The molecule has 2 aromatic rings. The van der Waals surface area contributed by atoms with E-state index in [1.807, 2.05) is 0 Å². The van der Waals surface area contributed by atoms with Gasteiger partial charge >= 0.3 is 0 Å². The first-order valence-electron chi connectivity index (χ1n) is 4.68. The second kappa shape index (κ2) is 4.81. The molecule has 0 N–H and O–H groups in total. The Bertz CT molecular complexity index is 514. The molecule has 0 bridgehead atoms. The van der Waals surface area contributed by atoms with Crippen LogP contribution in [0.5, 0.6) is 0 Å². The Hall–Kier alpha value is -1.12. The molecule has 16 heavy (non-hydrogen) atoms. The Morgan fingerprint density at radius 2 is 1.88 bits per heavy atom. The number of hydrogen-bond acceptors (Lipinski definition) is 1. The van der Waals surface area contributed by atoms with Gasteiger partial charge in [-0.25, -0.2) is 9.37 Å². The van der Waals surface area contributed by atoms with Gasteiger partial charge in [0.15, 0.2) is 0 Å². The summed E-state index contributed by atoms with van der Waals surface area (Å²) in [5, 5.41) is 0.495. The van der Waals surface area contributed by atoms with E-state index < -0.39 is 0 Å². The van der Waals surface area contributed by atoms with Crippen LogP contribution in [-0.2, 0) is 5.88 Å². The summed E-state index contributed by atoms with van der Waals surface area (Å²) >= 11 is 11.6. The molecule has 0 aliphatic carbocycles. The first kappa shape index (κ1) is 11.4. The van der Waals surface area contributed by atoms with E-state index in [-0.39, 0.29) is 11.7 Å². The highest BCUT2D eigenvalue weighted by Crippen LogP contribution is 2.24. The van der Waals surface area contributed by atoms with Crippen molar-refractivity contribution in [2.75, 3.05) is 0 Å². The lowest BCUT2D eigenvalue weighted by Crippen LogP contribution is -1.92. The van der Waals surface area contributed by atoms with Crippen LogP contribution < -0.4 is 0 Å². The minimum atomic E-state index is -0.308. The number of benzene rings is 1. The van der Waals surface area contributed by atoms with Crippen molar-refractivity contribution < 1.29 is 4.39 Å². The van der Waals surface area contributed by atoms with Gasteiger partial charge in [0.25, 0.3) is 0 Å². The number of aromatic nitrogens is 1. The third kappa shape index (κ3) is 2.18. The summed E-state index contributed by atoms with van der Waals surface area (Å²) < 4.78 is 13.5. The SMILES string of the molecule is Fc1ccccc1-c1ccc(Cl)c(CCl)n1. The molecule has 1 nitrogen and oxygen atoms in total. The summed E-state index contributed by atoms with van der Waals surface area (Å²) in [6, 6.07) is 9.81. The monoisotopic (exact) mass is 255 g/mol. The fourth-order valence-electron chi connectivity index (χ4n) is 1.40. The van der Waals surface area contributed by atoms with Crippen LogP contribution in [0.4, 0.5) is 4.39 Å². The van der Waals surface area contributed by atoms with Gasteiger partial charge in [-0.3, -0.25) is 0 Å². The molecule has 0 aliphatic heterocycles. The average Bonchev–Trinajstić information content (AvgIpc) is 2.31. The molecule has 0 saturated heterocycles. The number of rotatable bonds is 2. The van der Waals surface area contributed by atoms with Gasteiger partial charge in [-0.1, -0.05) is 23.7 Å². The molecule has 1 aromatic heterocycles. The van der Waals surface area contributed by atoms with E-state index >= 15 is 0 Å². The fourth-order valence-corrected chi connectivity index (χ4v) is 1.84. The Labute approximate surface area is 103 Å². The van der Waals surface area contributed by atoms with Crippen LogP contribution in [0.15, 0.2) is 36.4 Å². The van der Waals surface area contributed by atoms with Gasteiger partial charge < -0.3 is 0 Å². The summed E-state index contributed by atoms with van der Waals surface area (Å²) in [5.41, 5.74) is 1.55. The summed E-state index contributed by atoms with van der Waals surface area (Å²) in [4.78, 5) is 4.22. The lowest BCUT2D eigenvalue weighted by molar-refractivity contribution is 0.630. The predicted molar refractivity (Wildman–Crippen MR) is 64.2 cm³/mol. The van der Waals surface area contributed by atoms with E-state index in [1.54, 1.807) is 30.3 Å². The third-order valence-electron chi connectivity index (χ3n) is 2.20. The second-order valence-electron chi connectivity index (χ2n) is 3.24. The van der Waals surface area contributed by atoms with E-state index in [9.17, 15) is 4.39 Å². The van der Waals surface area contributed by atoms with Crippen molar-refractivity contribution in [3.05, 3.63) is 52.9 Å². The van der Waals surface area contributed by atoms with Crippen LogP contribution >= 0.6 is 23.2 Å². The number of nitrogens with zero attached hydrogens (tertiary/aromatic N) is 1. The zero-order valence-corrected chi connectivity index (χ0v) is 9.76. The van der Waals surface area contributed by atoms with Gasteiger partial charge in [-0.15, -0.1) is 11.6 Å². The lowest BCUT2D eigenvalue weighted by Gasteiger charge is -2.05. The van der Waals surface area contributed by atoms with Crippen LogP contribution in [0.3, 0.4) is 0 Å². The highest BCUT2D eigenvalue weighted by Gasteiger charge is 2.08. The molecule has 82 valence electrons. The van der Waals surface area contributed by atoms with Crippen LogP contribution in [0.2, 0.25) is 5.02 Å². The molecular formula is C12H8Cl2FN. The van der Waals surface area contributed by atoms with Crippen molar-refractivity contribution >= 4 is 23.2 Å². The molecule has 1 heterocycles. The van der Waals surface area contributed by atoms with Gasteiger partial charge in [0.2, 0.25) is 0 Å². The highest BCUT2D eigenvalue weighted by molar-refractivity contribution is 6.32. The maximum Gasteiger partial charge on any atom is 0.132 e. The number of alkyl halides is 1. The molecule has 0 aliphatic rings. The standard InChI is InChI=1S/C12H8Cl2FN/c13-7-12-9(14)5-6-11(16-12)8-3-1-2-4-10(8)15/h1-6H,7H2. The summed E-state index contributed by atoms with van der Waals surface area (Å²) in [6.07, 6.45) is 0. The zero-order valence-electron chi connectivity index (χ0n) is 8.25. The van der Waals surface area contributed by atoms with E-state index in [0.29, 0.717) is 22.0 Å². The van der Waals surface area contributed by atoms with Crippen molar-refractivity contribution in [3.63, 3.8) is 0 Å². The van der Waals surface area contributed by atoms with Crippen LogP contribution in [0.1, 0.15) is 5.69 Å².